The van der Waals surface area contributed by atoms with Crippen molar-refractivity contribution in [1.82, 2.24) is 4.98 Å². The Balaban J connectivity index is 1.49. The van der Waals surface area contributed by atoms with Crippen molar-refractivity contribution in [3.8, 4) is 0 Å². The van der Waals surface area contributed by atoms with Crippen molar-refractivity contribution in [2.75, 3.05) is 20.3 Å². The average molecular weight is 674 g/mol. The molecular formula is C35H47NO10S. The lowest BCUT2D eigenvalue weighted by Crippen LogP contribution is -2.55. The van der Waals surface area contributed by atoms with E-state index in [1.165, 1.54) is 29.9 Å². The molecule has 5 rings (SSSR count). The summed E-state index contributed by atoms with van der Waals surface area (Å²) >= 11 is 1.51. The molecule has 0 aromatic carbocycles. The number of aliphatic hydroxyl groups is 2. The summed E-state index contributed by atoms with van der Waals surface area (Å²) in [4.78, 5) is 29.5. The van der Waals surface area contributed by atoms with Gasteiger partial charge < -0.3 is 38.6 Å². The number of carbonyl (C=O) groups excluding carboxylic acids is 2. The van der Waals surface area contributed by atoms with Crippen LogP contribution in [0.5, 0.6) is 0 Å². The molecule has 0 amide bonds. The van der Waals surface area contributed by atoms with Crippen LogP contribution in [0.25, 0.3) is 6.08 Å². The highest BCUT2D eigenvalue weighted by molar-refractivity contribution is 7.09. The molecule has 3 aliphatic heterocycles. The summed E-state index contributed by atoms with van der Waals surface area (Å²) in [5.74, 6) is -1.87. The van der Waals surface area contributed by atoms with E-state index in [-0.39, 0.29) is 31.0 Å². The SMILES string of the molecule is CO[C@]12C=C[C@](C)(O1)[C@@H](OC(=O)/C=C/c1csc(C)n1)C[C@H]1C(C)=CC[C@H](C(C)C)[C@H]1/C=C\2CO[C@@H]1OC[C@@H](O)[C@@H](O)[C@@H]1OC(C)=O. The van der Waals surface area contributed by atoms with E-state index in [0.717, 1.165) is 11.4 Å². The molecule has 4 heterocycles. The van der Waals surface area contributed by atoms with Gasteiger partial charge >= 0.3 is 11.9 Å². The minimum Gasteiger partial charge on any atom is -0.456 e. The van der Waals surface area contributed by atoms with Crippen LogP contribution in [0.3, 0.4) is 0 Å². The maximum absolute atomic E-state index is 13.3. The van der Waals surface area contributed by atoms with Crippen LogP contribution in [0, 0.1) is 30.6 Å². The lowest BCUT2D eigenvalue weighted by Gasteiger charge is -2.41. The Morgan fingerprint density at radius 2 is 1.98 bits per heavy atom. The number of aryl methyl sites for hydroxylation is 1. The van der Waals surface area contributed by atoms with Gasteiger partial charge in [-0.1, -0.05) is 31.6 Å². The molecule has 1 aromatic heterocycles. The topological polar surface area (TPSA) is 143 Å². The predicted octanol–water partition coefficient (Wildman–Crippen LogP) is 4.28. The zero-order chi connectivity index (χ0) is 34.1. The summed E-state index contributed by atoms with van der Waals surface area (Å²) in [7, 11) is 1.55. The fourth-order valence-electron chi connectivity index (χ4n) is 7.10. The minimum absolute atomic E-state index is 0.0178. The summed E-state index contributed by atoms with van der Waals surface area (Å²) < 4.78 is 36.3. The van der Waals surface area contributed by atoms with E-state index >= 15 is 0 Å². The number of carbonyl (C=O) groups is 2. The van der Waals surface area contributed by atoms with Gasteiger partial charge in [-0.2, -0.15) is 0 Å². The number of allylic oxidation sites excluding steroid dienone is 3. The van der Waals surface area contributed by atoms with Gasteiger partial charge in [0.05, 0.1) is 23.9 Å². The summed E-state index contributed by atoms with van der Waals surface area (Å²) in [5.41, 5.74) is 1.50. The van der Waals surface area contributed by atoms with Crippen molar-refractivity contribution in [1.29, 1.82) is 0 Å². The van der Waals surface area contributed by atoms with Gasteiger partial charge in [-0.25, -0.2) is 9.78 Å². The lowest BCUT2D eigenvalue weighted by atomic mass is 9.65. The highest BCUT2D eigenvalue weighted by Crippen LogP contribution is 2.49. The van der Waals surface area contributed by atoms with Crippen LogP contribution >= 0.6 is 11.3 Å². The first-order valence-corrected chi connectivity index (χ1v) is 17.0. The first kappa shape index (κ1) is 35.6. The Kier molecular flexibility index (Phi) is 10.9. The highest BCUT2D eigenvalue weighted by atomic mass is 32.1. The molecular weight excluding hydrogens is 626 g/mol. The van der Waals surface area contributed by atoms with Gasteiger partial charge in [-0.15, -0.1) is 11.3 Å². The number of methoxy groups -OCH3 is 1. The van der Waals surface area contributed by atoms with Crippen LogP contribution in [0.15, 0.2) is 46.9 Å². The van der Waals surface area contributed by atoms with E-state index in [2.05, 4.69) is 37.9 Å². The summed E-state index contributed by atoms with van der Waals surface area (Å²) in [5, 5.41) is 23.6. The molecule has 0 spiro atoms. The van der Waals surface area contributed by atoms with Crippen molar-refractivity contribution >= 4 is 29.4 Å². The van der Waals surface area contributed by atoms with Gasteiger partial charge in [0, 0.05) is 31.1 Å². The van der Waals surface area contributed by atoms with E-state index in [0.29, 0.717) is 23.6 Å². The first-order valence-electron chi connectivity index (χ1n) is 16.2. The number of rotatable bonds is 9. The first-order chi connectivity index (χ1) is 22.2. The molecule has 1 saturated heterocycles. The van der Waals surface area contributed by atoms with E-state index in [1.807, 2.05) is 31.4 Å². The Morgan fingerprint density at radius 1 is 1.21 bits per heavy atom. The van der Waals surface area contributed by atoms with Gasteiger partial charge in [-0.05, 0) is 75.5 Å². The predicted molar refractivity (Wildman–Crippen MR) is 174 cm³/mol. The summed E-state index contributed by atoms with van der Waals surface area (Å²) in [6.07, 6.45) is 6.91. The molecule has 2 N–H and O–H groups in total. The van der Waals surface area contributed by atoms with Crippen LogP contribution in [0.2, 0.25) is 0 Å². The Morgan fingerprint density at radius 3 is 2.64 bits per heavy atom. The average Bonchev–Trinajstić information content (AvgIpc) is 3.61. The number of nitrogens with zero attached hydrogens (tertiary/aromatic N) is 1. The normalized spacial score (nSPS) is 38.2. The van der Waals surface area contributed by atoms with Crippen molar-refractivity contribution in [2.45, 2.75) is 96.5 Å². The van der Waals surface area contributed by atoms with Gasteiger partial charge in [0.1, 0.15) is 23.9 Å². The van der Waals surface area contributed by atoms with Crippen molar-refractivity contribution < 1.29 is 48.2 Å². The standard InChI is InChI=1S/C35H47NO10S/c1-19(2)25-10-8-20(3)26-15-29(45-30(39)11-9-24-18-47-21(4)36-24)34(6)12-13-35(41-7,46-34)23(14-27(25)26)16-42-33-32(44-22(5)37)31(40)28(38)17-43-33/h8-9,11-14,18-19,25-29,31-33,38,40H,10,15-17H2,1-7H3/b11-9+,23-14-/t25-,26+,27-,28-,29+,31-,32+,33-,34+,35-/m1/s1. The number of esters is 2. The molecule has 12 heteroatoms. The van der Waals surface area contributed by atoms with Crippen molar-refractivity contribution in [2.24, 2.45) is 23.7 Å². The fraction of sp³-hybridized carbons (Fsp3) is 0.629. The van der Waals surface area contributed by atoms with E-state index in [4.69, 9.17) is 28.4 Å². The third kappa shape index (κ3) is 7.64. The quantitative estimate of drug-likeness (QED) is 0.220. The number of aliphatic hydroxyl groups excluding tert-OH is 2. The second kappa shape index (κ2) is 14.4. The molecule has 1 fully saturated rings. The summed E-state index contributed by atoms with van der Waals surface area (Å²) in [6, 6.07) is 0. The van der Waals surface area contributed by atoms with Gasteiger partial charge in [0.25, 0.3) is 0 Å². The van der Waals surface area contributed by atoms with E-state index in [9.17, 15) is 19.8 Å². The lowest BCUT2D eigenvalue weighted by molar-refractivity contribution is -0.277. The van der Waals surface area contributed by atoms with Crippen LogP contribution in [-0.4, -0.2) is 89.6 Å². The third-order valence-electron chi connectivity index (χ3n) is 9.79. The summed E-state index contributed by atoms with van der Waals surface area (Å²) in [6.45, 7) is 11.3. The monoisotopic (exact) mass is 673 g/mol. The number of ether oxygens (including phenoxy) is 6. The molecule has 1 aromatic rings. The number of hydrogen-bond acceptors (Lipinski definition) is 12. The number of fused-ring (bicyclic) bond motifs is 3. The third-order valence-corrected chi connectivity index (χ3v) is 10.6. The van der Waals surface area contributed by atoms with E-state index < -0.39 is 54.0 Å². The molecule has 2 bridgehead atoms. The smallest absolute Gasteiger partial charge is 0.331 e. The van der Waals surface area contributed by atoms with Crippen LogP contribution in [0.4, 0.5) is 0 Å². The number of hydrogen-bond donors (Lipinski definition) is 2. The largest absolute Gasteiger partial charge is 0.456 e. The van der Waals surface area contributed by atoms with Crippen LogP contribution < -0.4 is 0 Å². The van der Waals surface area contributed by atoms with Gasteiger partial charge in [0.2, 0.25) is 5.79 Å². The Bertz CT molecular complexity index is 1430. The van der Waals surface area contributed by atoms with Crippen molar-refractivity contribution in [3.63, 3.8) is 0 Å². The molecule has 47 heavy (non-hydrogen) atoms. The fourth-order valence-corrected chi connectivity index (χ4v) is 7.68. The van der Waals surface area contributed by atoms with Crippen molar-refractivity contribution in [3.05, 3.63) is 57.6 Å². The molecule has 0 unspecified atom stereocenters. The molecule has 4 aliphatic rings. The molecule has 11 nitrogen and oxygen atoms in total. The Labute approximate surface area is 280 Å². The van der Waals surface area contributed by atoms with Gasteiger partial charge in [-0.3, -0.25) is 4.79 Å². The zero-order valence-corrected chi connectivity index (χ0v) is 28.9. The zero-order valence-electron chi connectivity index (χ0n) is 28.1. The second-order valence-corrected chi connectivity index (χ2v) is 14.5. The second-order valence-electron chi connectivity index (χ2n) is 13.4. The Hall–Kier alpha value is -2.71. The maximum atomic E-state index is 13.3. The molecule has 0 radical (unpaired) electrons. The minimum atomic E-state index is -1.39. The van der Waals surface area contributed by atoms with E-state index in [1.54, 1.807) is 13.2 Å². The molecule has 10 atom stereocenters. The number of thiazole rings is 1. The molecule has 1 aliphatic carbocycles. The van der Waals surface area contributed by atoms with Crippen LogP contribution in [-0.2, 0) is 38.0 Å². The highest BCUT2D eigenvalue weighted by Gasteiger charge is 2.54. The molecule has 258 valence electrons. The number of aromatic nitrogens is 1. The van der Waals surface area contributed by atoms with Gasteiger partial charge in [0.15, 0.2) is 12.4 Å². The maximum Gasteiger partial charge on any atom is 0.331 e. The molecule has 0 saturated carbocycles. The van der Waals surface area contributed by atoms with Crippen LogP contribution in [0.1, 0.15) is 58.2 Å².